The van der Waals surface area contributed by atoms with E-state index in [1.165, 1.54) is 0 Å². The summed E-state index contributed by atoms with van der Waals surface area (Å²) in [4.78, 5) is 0.219. The Morgan fingerprint density at radius 1 is 1.23 bits per heavy atom. The van der Waals surface area contributed by atoms with Gasteiger partial charge in [0.2, 0.25) is 10.0 Å². The van der Waals surface area contributed by atoms with E-state index in [1.807, 2.05) is 7.05 Å². The maximum Gasteiger partial charge on any atom is 0.246 e. The second-order valence-corrected chi connectivity index (χ2v) is 7.59. The number of benzene rings is 1. The van der Waals surface area contributed by atoms with E-state index in [1.54, 1.807) is 22.5 Å². The zero-order valence-corrected chi connectivity index (χ0v) is 13.6. The van der Waals surface area contributed by atoms with Crippen LogP contribution < -0.4 is 14.8 Å². The molecule has 0 radical (unpaired) electrons. The van der Waals surface area contributed by atoms with Crippen LogP contribution in [0.1, 0.15) is 12.8 Å². The van der Waals surface area contributed by atoms with E-state index in [2.05, 4.69) is 5.32 Å². The molecule has 0 unspecified atom stereocenters. The van der Waals surface area contributed by atoms with Crippen LogP contribution in [0.5, 0.6) is 11.5 Å². The van der Waals surface area contributed by atoms with Crippen molar-refractivity contribution in [2.24, 2.45) is 5.92 Å². The molecule has 3 rings (SSSR count). The summed E-state index contributed by atoms with van der Waals surface area (Å²) in [5.74, 6) is 1.41. The second kappa shape index (κ2) is 6.44. The zero-order chi connectivity index (χ0) is 15.6. The van der Waals surface area contributed by atoms with Crippen LogP contribution in [0.3, 0.4) is 0 Å². The fourth-order valence-corrected chi connectivity index (χ4v) is 4.65. The van der Waals surface area contributed by atoms with Crippen molar-refractivity contribution in [3.05, 3.63) is 18.2 Å². The number of nitrogens with one attached hydrogen (secondary N) is 1. The van der Waals surface area contributed by atoms with Gasteiger partial charge in [-0.3, -0.25) is 0 Å². The predicted octanol–water partition coefficient (Wildman–Crippen LogP) is 1.08. The molecule has 7 heteroatoms. The standard InChI is InChI=1S/C15H22N2O4S/c1-16-11-12-5-7-17(8-6-12)22(18,19)14-4-2-3-13-15(14)21-10-9-20-13/h2-4,12,16H,5-11H2,1H3. The molecule has 0 atom stereocenters. The Labute approximate surface area is 131 Å². The lowest BCUT2D eigenvalue weighted by Crippen LogP contribution is -2.40. The Bertz CT molecular complexity index is 624. The second-order valence-electron chi connectivity index (χ2n) is 5.69. The van der Waals surface area contributed by atoms with Crippen molar-refractivity contribution in [3.8, 4) is 11.5 Å². The van der Waals surface area contributed by atoms with E-state index < -0.39 is 10.0 Å². The van der Waals surface area contributed by atoms with Crippen molar-refractivity contribution in [2.75, 3.05) is 39.9 Å². The number of rotatable bonds is 4. The van der Waals surface area contributed by atoms with E-state index in [9.17, 15) is 8.42 Å². The van der Waals surface area contributed by atoms with Crippen molar-refractivity contribution in [2.45, 2.75) is 17.7 Å². The van der Waals surface area contributed by atoms with Gasteiger partial charge in [0.15, 0.2) is 11.5 Å². The number of para-hydroxylation sites is 1. The number of hydrogen-bond donors (Lipinski definition) is 1. The van der Waals surface area contributed by atoms with Gasteiger partial charge in [-0.25, -0.2) is 8.42 Å². The summed E-state index contributed by atoms with van der Waals surface area (Å²) in [6.45, 7) is 2.87. The maximum atomic E-state index is 12.9. The molecule has 22 heavy (non-hydrogen) atoms. The molecule has 1 N–H and O–H groups in total. The van der Waals surface area contributed by atoms with Crippen LogP contribution in [0.4, 0.5) is 0 Å². The average molecular weight is 326 g/mol. The summed E-state index contributed by atoms with van der Waals surface area (Å²) in [5, 5.41) is 3.16. The molecule has 122 valence electrons. The van der Waals surface area contributed by atoms with Crippen molar-refractivity contribution in [1.82, 2.24) is 9.62 Å². The summed E-state index contributed by atoms with van der Waals surface area (Å²) >= 11 is 0. The first kappa shape index (κ1) is 15.6. The fourth-order valence-electron chi connectivity index (χ4n) is 3.03. The molecule has 0 saturated carbocycles. The number of ether oxygens (including phenoxy) is 2. The van der Waals surface area contributed by atoms with Crippen LogP contribution in [-0.2, 0) is 10.0 Å². The smallest absolute Gasteiger partial charge is 0.246 e. The van der Waals surface area contributed by atoms with Gasteiger partial charge in [0.1, 0.15) is 18.1 Å². The highest BCUT2D eigenvalue weighted by Crippen LogP contribution is 2.38. The van der Waals surface area contributed by atoms with E-state index in [0.29, 0.717) is 43.7 Å². The fraction of sp³-hybridized carbons (Fsp3) is 0.600. The zero-order valence-electron chi connectivity index (χ0n) is 12.7. The minimum Gasteiger partial charge on any atom is -0.486 e. The van der Waals surface area contributed by atoms with Crippen molar-refractivity contribution >= 4 is 10.0 Å². The van der Waals surface area contributed by atoms with Crippen LogP contribution >= 0.6 is 0 Å². The van der Waals surface area contributed by atoms with Gasteiger partial charge < -0.3 is 14.8 Å². The summed E-state index contributed by atoms with van der Waals surface area (Å²) in [7, 11) is -1.61. The van der Waals surface area contributed by atoms with Gasteiger partial charge in [0.05, 0.1) is 0 Å². The molecular weight excluding hydrogens is 304 g/mol. The van der Waals surface area contributed by atoms with Crippen LogP contribution in [0.2, 0.25) is 0 Å². The first-order valence-corrected chi connectivity index (χ1v) is 9.10. The molecule has 0 bridgehead atoms. The molecule has 0 spiro atoms. The molecule has 2 aliphatic heterocycles. The lowest BCUT2D eigenvalue weighted by Gasteiger charge is -2.32. The third kappa shape index (κ3) is 2.93. The van der Waals surface area contributed by atoms with E-state index >= 15 is 0 Å². The molecule has 1 aromatic rings. The highest BCUT2D eigenvalue weighted by atomic mass is 32.2. The van der Waals surface area contributed by atoms with E-state index in [-0.39, 0.29) is 4.90 Å². The summed E-state index contributed by atoms with van der Waals surface area (Å²) in [6.07, 6.45) is 1.76. The Balaban J connectivity index is 1.82. The average Bonchev–Trinajstić information content (AvgIpc) is 2.55. The van der Waals surface area contributed by atoms with Crippen molar-refractivity contribution in [1.29, 1.82) is 0 Å². The lowest BCUT2D eigenvalue weighted by atomic mass is 9.98. The molecular formula is C15H22N2O4S. The van der Waals surface area contributed by atoms with Crippen LogP contribution in [0, 0.1) is 5.92 Å². The number of hydrogen-bond acceptors (Lipinski definition) is 5. The third-order valence-electron chi connectivity index (χ3n) is 4.21. The third-order valence-corrected chi connectivity index (χ3v) is 6.14. The lowest BCUT2D eigenvalue weighted by molar-refractivity contribution is 0.166. The summed E-state index contributed by atoms with van der Waals surface area (Å²) < 4.78 is 38.4. The Hall–Kier alpha value is -1.31. The highest BCUT2D eigenvalue weighted by molar-refractivity contribution is 7.89. The van der Waals surface area contributed by atoms with E-state index in [4.69, 9.17) is 9.47 Å². The van der Waals surface area contributed by atoms with Crippen molar-refractivity contribution < 1.29 is 17.9 Å². The monoisotopic (exact) mass is 326 g/mol. The largest absolute Gasteiger partial charge is 0.486 e. The van der Waals surface area contributed by atoms with Gasteiger partial charge in [-0.15, -0.1) is 0 Å². The topological polar surface area (TPSA) is 67.9 Å². The number of nitrogens with zero attached hydrogens (tertiary/aromatic N) is 1. The number of fused-ring (bicyclic) bond motifs is 1. The normalized spacial score (nSPS) is 20.0. The first-order valence-electron chi connectivity index (χ1n) is 7.66. The van der Waals surface area contributed by atoms with Crippen LogP contribution in [-0.4, -0.2) is 52.6 Å². The molecule has 6 nitrogen and oxygen atoms in total. The molecule has 1 fully saturated rings. The molecule has 0 aliphatic carbocycles. The summed E-state index contributed by atoms with van der Waals surface area (Å²) in [6, 6.07) is 5.04. The van der Waals surface area contributed by atoms with Gasteiger partial charge in [0, 0.05) is 13.1 Å². The first-order chi connectivity index (χ1) is 10.6. The predicted molar refractivity (Wildman–Crippen MR) is 82.8 cm³/mol. The molecule has 2 heterocycles. The van der Waals surface area contributed by atoms with Gasteiger partial charge >= 0.3 is 0 Å². The molecule has 0 aromatic heterocycles. The number of sulfonamides is 1. The Morgan fingerprint density at radius 3 is 2.68 bits per heavy atom. The van der Waals surface area contributed by atoms with Crippen molar-refractivity contribution in [3.63, 3.8) is 0 Å². The van der Waals surface area contributed by atoms with Gasteiger partial charge in [-0.05, 0) is 44.5 Å². The Morgan fingerprint density at radius 2 is 1.95 bits per heavy atom. The molecule has 2 aliphatic rings. The molecule has 0 amide bonds. The maximum absolute atomic E-state index is 12.9. The quantitative estimate of drug-likeness (QED) is 0.897. The SMILES string of the molecule is CNCC1CCN(S(=O)(=O)c2cccc3c2OCCO3)CC1. The minimum atomic E-state index is -3.53. The van der Waals surface area contributed by atoms with Gasteiger partial charge in [-0.1, -0.05) is 6.07 Å². The van der Waals surface area contributed by atoms with Gasteiger partial charge in [0.25, 0.3) is 0 Å². The number of piperidine rings is 1. The highest BCUT2D eigenvalue weighted by Gasteiger charge is 2.33. The van der Waals surface area contributed by atoms with Crippen LogP contribution in [0.15, 0.2) is 23.1 Å². The Kier molecular flexibility index (Phi) is 4.56. The van der Waals surface area contributed by atoms with Crippen LogP contribution in [0.25, 0.3) is 0 Å². The minimum absolute atomic E-state index is 0.219. The van der Waals surface area contributed by atoms with Gasteiger partial charge in [-0.2, -0.15) is 4.31 Å². The molecule has 1 saturated heterocycles. The van der Waals surface area contributed by atoms with E-state index in [0.717, 1.165) is 19.4 Å². The molecule has 1 aromatic carbocycles. The summed E-state index contributed by atoms with van der Waals surface area (Å²) in [5.41, 5.74) is 0.